The van der Waals surface area contributed by atoms with Gasteiger partial charge in [-0.2, -0.15) is 13.2 Å². The average molecular weight is 396 g/mol. The zero-order valence-corrected chi connectivity index (χ0v) is 15.0. The van der Waals surface area contributed by atoms with Crippen LogP contribution in [0.1, 0.15) is 12.5 Å². The highest BCUT2D eigenvalue weighted by Crippen LogP contribution is 2.26. The lowest BCUT2D eigenvalue weighted by Gasteiger charge is -2.12. The maximum atomic E-state index is 12.2. The summed E-state index contributed by atoms with van der Waals surface area (Å²) in [5, 5.41) is 4.35. The van der Waals surface area contributed by atoms with Crippen molar-refractivity contribution in [1.82, 2.24) is 5.32 Å². The smallest absolute Gasteiger partial charge is 0.471 e. The predicted molar refractivity (Wildman–Crippen MR) is 96.1 cm³/mol. The molecule has 0 bridgehead atoms. The van der Waals surface area contributed by atoms with E-state index in [-0.39, 0.29) is 13.2 Å². The van der Waals surface area contributed by atoms with Gasteiger partial charge in [-0.1, -0.05) is 24.3 Å². The summed E-state index contributed by atoms with van der Waals surface area (Å²) in [7, 11) is 0. The monoisotopic (exact) mass is 396 g/mol. The maximum absolute atomic E-state index is 12.2. The molecule has 2 aromatic carbocycles. The van der Waals surface area contributed by atoms with Crippen molar-refractivity contribution in [3.63, 3.8) is 0 Å². The molecule has 0 aliphatic rings. The largest absolute Gasteiger partial charge is 0.490 e. The molecule has 9 heteroatoms. The molecule has 0 unspecified atom stereocenters. The number of anilines is 1. The van der Waals surface area contributed by atoms with E-state index in [0.717, 1.165) is 0 Å². The first-order valence-corrected chi connectivity index (χ1v) is 8.38. The number of carbonyl (C=O) groups is 2. The molecule has 0 aliphatic heterocycles. The maximum Gasteiger partial charge on any atom is 0.471 e. The highest BCUT2D eigenvalue weighted by molar-refractivity contribution is 5.92. The molecule has 0 aromatic heterocycles. The van der Waals surface area contributed by atoms with Gasteiger partial charge in [-0.05, 0) is 36.8 Å². The van der Waals surface area contributed by atoms with Crippen LogP contribution in [0, 0.1) is 0 Å². The standard InChI is InChI=1S/C19H19F3N2O4/c1-2-27-15-8-3-4-9-16(15)28-12-17(25)24-14-7-5-6-13(10-14)11-23-18(26)19(20,21)22/h3-10H,2,11-12H2,1H3,(H,23,26)(H,24,25). The highest BCUT2D eigenvalue weighted by Gasteiger charge is 2.38. The fourth-order valence-corrected chi connectivity index (χ4v) is 2.23. The van der Waals surface area contributed by atoms with Crippen LogP contribution in [0.25, 0.3) is 0 Å². The van der Waals surface area contributed by atoms with E-state index in [1.807, 2.05) is 6.92 Å². The SMILES string of the molecule is CCOc1ccccc1OCC(=O)Nc1cccc(CNC(=O)C(F)(F)F)c1. The zero-order chi connectivity index (χ0) is 20.6. The van der Waals surface area contributed by atoms with Crippen LogP contribution in [0.2, 0.25) is 0 Å². The number of nitrogens with one attached hydrogen (secondary N) is 2. The normalized spacial score (nSPS) is 10.9. The van der Waals surface area contributed by atoms with Crippen LogP contribution in [-0.2, 0) is 16.1 Å². The third-order valence-electron chi connectivity index (χ3n) is 3.43. The number of carbonyl (C=O) groups excluding carboxylic acids is 2. The van der Waals surface area contributed by atoms with Crippen molar-refractivity contribution in [2.45, 2.75) is 19.6 Å². The highest BCUT2D eigenvalue weighted by atomic mass is 19.4. The topological polar surface area (TPSA) is 76.7 Å². The summed E-state index contributed by atoms with van der Waals surface area (Å²) in [5.41, 5.74) is 0.767. The first-order valence-electron chi connectivity index (χ1n) is 8.38. The first-order chi connectivity index (χ1) is 13.3. The second-order valence-electron chi connectivity index (χ2n) is 5.60. The van der Waals surface area contributed by atoms with Gasteiger partial charge in [0.2, 0.25) is 0 Å². The number of hydrogen-bond acceptors (Lipinski definition) is 4. The number of para-hydroxylation sites is 2. The number of hydrogen-bond donors (Lipinski definition) is 2. The number of halogens is 3. The van der Waals surface area contributed by atoms with E-state index in [9.17, 15) is 22.8 Å². The van der Waals surface area contributed by atoms with Crippen molar-refractivity contribution >= 4 is 17.5 Å². The zero-order valence-electron chi connectivity index (χ0n) is 15.0. The fraction of sp³-hybridized carbons (Fsp3) is 0.263. The van der Waals surface area contributed by atoms with Crippen molar-refractivity contribution in [3.8, 4) is 11.5 Å². The van der Waals surface area contributed by atoms with Crippen LogP contribution >= 0.6 is 0 Å². The second kappa shape index (κ2) is 9.63. The molecule has 28 heavy (non-hydrogen) atoms. The first kappa shape index (κ1) is 21.1. The van der Waals surface area contributed by atoms with Crippen LogP contribution in [-0.4, -0.2) is 31.2 Å². The van der Waals surface area contributed by atoms with E-state index in [1.54, 1.807) is 41.7 Å². The molecule has 0 saturated carbocycles. The van der Waals surface area contributed by atoms with Gasteiger partial charge in [0, 0.05) is 12.2 Å². The molecule has 0 saturated heterocycles. The van der Waals surface area contributed by atoms with Gasteiger partial charge in [0.15, 0.2) is 18.1 Å². The third kappa shape index (κ3) is 6.49. The molecule has 2 aromatic rings. The number of ether oxygens (including phenoxy) is 2. The lowest BCUT2D eigenvalue weighted by atomic mass is 10.2. The lowest BCUT2D eigenvalue weighted by Crippen LogP contribution is -2.36. The molecular formula is C19H19F3N2O4. The molecule has 2 N–H and O–H groups in total. The molecule has 0 radical (unpaired) electrons. The minimum absolute atomic E-state index is 0.279. The summed E-state index contributed by atoms with van der Waals surface area (Å²) >= 11 is 0. The molecule has 0 spiro atoms. The number of rotatable bonds is 8. The number of alkyl halides is 3. The summed E-state index contributed by atoms with van der Waals surface area (Å²) in [6.07, 6.45) is -4.94. The molecular weight excluding hydrogens is 377 g/mol. The molecule has 0 aliphatic carbocycles. The summed E-state index contributed by atoms with van der Waals surface area (Å²) in [6.45, 7) is 1.68. The van der Waals surface area contributed by atoms with Gasteiger partial charge in [-0.25, -0.2) is 0 Å². The van der Waals surface area contributed by atoms with Crippen LogP contribution in [0.3, 0.4) is 0 Å². The van der Waals surface area contributed by atoms with Crippen molar-refractivity contribution in [2.24, 2.45) is 0 Å². The van der Waals surface area contributed by atoms with Gasteiger partial charge in [-0.3, -0.25) is 9.59 Å². The summed E-state index contributed by atoms with van der Waals surface area (Å²) in [5.74, 6) is -1.55. The summed E-state index contributed by atoms with van der Waals surface area (Å²) in [4.78, 5) is 22.9. The minimum Gasteiger partial charge on any atom is -0.490 e. The Kier molecular flexibility index (Phi) is 7.25. The lowest BCUT2D eigenvalue weighted by molar-refractivity contribution is -0.173. The van der Waals surface area contributed by atoms with Gasteiger partial charge in [0.05, 0.1) is 6.61 Å². The minimum atomic E-state index is -4.94. The van der Waals surface area contributed by atoms with E-state index < -0.39 is 18.0 Å². The van der Waals surface area contributed by atoms with Crippen molar-refractivity contribution in [2.75, 3.05) is 18.5 Å². The Balaban J connectivity index is 1.90. The number of amides is 2. The third-order valence-corrected chi connectivity index (χ3v) is 3.43. The summed E-state index contributed by atoms with van der Waals surface area (Å²) in [6, 6.07) is 13.0. The van der Waals surface area contributed by atoms with E-state index in [1.165, 1.54) is 12.1 Å². The average Bonchev–Trinajstić information content (AvgIpc) is 2.65. The fourth-order valence-electron chi connectivity index (χ4n) is 2.23. The van der Waals surface area contributed by atoms with Gasteiger partial charge in [0.25, 0.3) is 5.91 Å². The molecule has 0 atom stereocenters. The van der Waals surface area contributed by atoms with E-state index in [4.69, 9.17) is 9.47 Å². The van der Waals surface area contributed by atoms with Crippen molar-refractivity contribution in [1.29, 1.82) is 0 Å². The molecule has 2 rings (SSSR count). The van der Waals surface area contributed by atoms with E-state index >= 15 is 0 Å². The quantitative estimate of drug-likeness (QED) is 0.718. The van der Waals surface area contributed by atoms with Gasteiger partial charge in [0.1, 0.15) is 0 Å². The van der Waals surface area contributed by atoms with Crippen LogP contribution in [0.15, 0.2) is 48.5 Å². The van der Waals surface area contributed by atoms with Gasteiger partial charge >= 0.3 is 12.1 Å². The Bertz CT molecular complexity index is 825. The van der Waals surface area contributed by atoms with Crippen molar-refractivity contribution < 1.29 is 32.2 Å². The molecule has 150 valence electrons. The summed E-state index contributed by atoms with van der Waals surface area (Å²) < 4.78 is 47.5. The Morgan fingerprint density at radius 2 is 1.68 bits per heavy atom. The Morgan fingerprint density at radius 3 is 2.32 bits per heavy atom. The Morgan fingerprint density at radius 1 is 1.00 bits per heavy atom. The Labute approximate surface area is 159 Å². The second-order valence-corrected chi connectivity index (χ2v) is 5.60. The number of benzene rings is 2. The predicted octanol–water partition coefficient (Wildman–Crippen LogP) is 3.28. The van der Waals surface area contributed by atoms with E-state index in [0.29, 0.717) is 29.4 Å². The van der Waals surface area contributed by atoms with E-state index in [2.05, 4.69) is 5.32 Å². The van der Waals surface area contributed by atoms with Gasteiger partial charge in [-0.15, -0.1) is 0 Å². The van der Waals surface area contributed by atoms with Crippen LogP contribution in [0.5, 0.6) is 11.5 Å². The molecule has 6 nitrogen and oxygen atoms in total. The molecule has 0 fully saturated rings. The molecule has 2 amide bonds. The van der Waals surface area contributed by atoms with Crippen LogP contribution < -0.4 is 20.1 Å². The Hall–Kier alpha value is -3.23. The van der Waals surface area contributed by atoms with Crippen LogP contribution in [0.4, 0.5) is 18.9 Å². The molecule has 0 heterocycles. The van der Waals surface area contributed by atoms with Crippen molar-refractivity contribution in [3.05, 3.63) is 54.1 Å². The van der Waals surface area contributed by atoms with Gasteiger partial charge < -0.3 is 20.1 Å².